The number of nitrogens with zero attached hydrogens (tertiary/aromatic N) is 1. The van der Waals surface area contributed by atoms with Gasteiger partial charge in [0.05, 0.1) is 26.0 Å². The fourth-order valence-corrected chi connectivity index (χ4v) is 3.92. The summed E-state index contributed by atoms with van der Waals surface area (Å²) < 4.78 is 41.5. The highest BCUT2D eigenvalue weighted by Gasteiger charge is 2.21. The van der Waals surface area contributed by atoms with Crippen LogP contribution < -0.4 is 19.1 Å². The second kappa shape index (κ2) is 10.2. The Kier molecular flexibility index (Phi) is 7.34. The van der Waals surface area contributed by atoms with Gasteiger partial charge in [0.2, 0.25) is 0 Å². The molecule has 3 rings (SSSR count). The van der Waals surface area contributed by atoms with Gasteiger partial charge in [0.1, 0.15) is 10.6 Å². The highest BCUT2D eigenvalue weighted by atomic mass is 32.2. The van der Waals surface area contributed by atoms with Gasteiger partial charge in [-0.3, -0.25) is 4.79 Å². The third kappa shape index (κ3) is 5.69. The Morgan fingerprint density at radius 1 is 0.909 bits per heavy atom. The maximum atomic E-state index is 12.8. The van der Waals surface area contributed by atoms with Crippen LogP contribution in [0.5, 0.6) is 17.2 Å². The van der Waals surface area contributed by atoms with E-state index in [0.717, 1.165) is 11.1 Å². The molecule has 8 nitrogen and oxygen atoms in total. The number of amides is 1. The zero-order chi connectivity index (χ0) is 24.0. The number of carbonyl (C=O) groups excluding carboxylic acids is 1. The second-order valence-corrected chi connectivity index (χ2v) is 8.68. The van der Waals surface area contributed by atoms with Gasteiger partial charge in [-0.25, -0.2) is 5.43 Å². The molecule has 1 N–H and O–H groups in total. The second-order valence-electron chi connectivity index (χ2n) is 7.13. The minimum Gasteiger partial charge on any atom is -0.496 e. The van der Waals surface area contributed by atoms with E-state index in [2.05, 4.69) is 10.5 Å². The predicted octanol–water partition coefficient (Wildman–Crippen LogP) is 3.85. The van der Waals surface area contributed by atoms with E-state index >= 15 is 0 Å². The lowest BCUT2D eigenvalue weighted by atomic mass is 10.1. The summed E-state index contributed by atoms with van der Waals surface area (Å²) in [6.07, 6.45) is 1.28. The fraction of sp³-hybridized carbons (Fsp3) is 0.167. The van der Waals surface area contributed by atoms with Crippen molar-refractivity contribution in [2.75, 3.05) is 14.2 Å². The first-order valence-corrected chi connectivity index (χ1v) is 11.3. The number of methoxy groups -OCH3 is 2. The highest BCUT2D eigenvalue weighted by Crippen LogP contribution is 2.32. The Morgan fingerprint density at radius 2 is 1.58 bits per heavy atom. The molecule has 0 saturated heterocycles. The Hall–Kier alpha value is -3.85. The summed E-state index contributed by atoms with van der Waals surface area (Å²) in [7, 11) is -1.26. The van der Waals surface area contributed by atoms with Gasteiger partial charge in [0.15, 0.2) is 11.5 Å². The molecule has 0 spiro atoms. The molecule has 0 radical (unpaired) electrons. The molecule has 1 amide bonds. The predicted molar refractivity (Wildman–Crippen MR) is 125 cm³/mol. The molecule has 9 heteroatoms. The molecule has 0 aromatic heterocycles. The average Bonchev–Trinajstić information content (AvgIpc) is 2.79. The van der Waals surface area contributed by atoms with E-state index in [-0.39, 0.29) is 16.4 Å². The number of para-hydroxylation sites is 1. The molecule has 0 unspecified atom stereocenters. The number of hydrogen-bond donors (Lipinski definition) is 1. The maximum Gasteiger partial charge on any atom is 0.339 e. The van der Waals surface area contributed by atoms with Crippen LogP contribution >= 0.6 is 0 Å². The molecule has 3 aromatic carbocycles. The lowest BCUT2D eigenvalue weighted by Gasteiger charge is -2.13. The quantitative estimate of drug-likeness (QED) is 0.306. The Labute approximate surface area is 192 Å². The van der Waals surface area contributed by atoms with Crippen LogP contribution in [0.3, 0.4) is 0 Å². The van der Waals surface area contributed by atoms with Gasteiger partial charge >= 0.3 is 10.1 Å². The van der Waals surface area contributed by atoms with Crippen LogP contribution in [0, 0.1) is 13.8 Å². The van der Waals surface area contributed by atoms with E-state index < -0.39 is 16.0 Å². The van der Waals surface area contributed by atoms with Crippen LogP contribution in [-0.2, 0) is 10.1 Å². The van der Waals surface area contributed by atoms with Crippen LogP contribution in [-0.4, -0.2) is 34.8 Å². The molecule has 172 valence electrons. The Morgan fingerprint density at radius 3 is 2.24 bits per heavy atom. The molecule has 0 aliphatic heterocycles. The summed E-state index contributed by atoms with van der Waals surface area (Å²) in [5, 5.41) is 3.96. The number of benzene rings is 3. The van der Waals surface area contributed by atoms with Gasteiger partial charge in [0.25, 0.3) is 5.91 Å². The first kappa shape index (κ1) is 23.8. The van der Waals surface area contributed by atoms with Gasteiger partial charge in [0, 0.05) is 5.56 Å². The molecule has 0 aliphatic rings. The van der Waals surface area contributed by atoms with Gasteiger partial charge in [-0.15, -0.1) is 0 Å². The maximum absolute atomic E-state index is 12.8. The molecule has 0 fully saturated rings. The van der Waals surface area contributed by atoms with Crippen molar-refractivity contribution >= 4 is 22.2 Å². The summed E-state index contributed by atoms with van der Waals surface area (Å²) >= 11 is 0. The molecule has 0 bridgehead atoms. The summed E-state index contributed by atoms with van der Waals surface area (Å²) in [4.78, 5) is 12.5. The third-order valence-corrected chi connectivity index (χ3v) is 5.94. The van der Waals surface area contributed by atoms with Crippen molar-refractivity contribution in [2.24, 2.45) is 5.10 Å². The number of carbonyl (C=O) groups is 1. The Balaban J connectivity index is 1.86. The van der Waals surface area contributed by atoms with Crippen LogP contribution in [0.2, 0.25) is 0 Å². The van der Waals surface area contributed by atoms with Crippen molar-refractivity contribution in [1.29, 1.82) is 0 Å². The molecule has 33 heavy (non-hydrogen) atoms. The lowest BCUT2D eigenvalue weighted by Crippen LogP contribution is -2.18. The minimum absolute atomic E-state index is 0.00154. The summed E-state index contributed by atoms with van der Waals surface area (Å²) in [6.45, 7) is 3.74. The van der Waals surface area contributed by atoms with E-state index in [1.807, 2.05) is 13.8 Å². The molecular formula is C24H24N2O6S. The molecule has 0 heterocycles. The summed E-state index contributed by atoms with van der Waals surface area (Å²) in [5.74, 6) is 0.0747. The Bertz CT molecular complexity index is 1280. The third-order valence-electron chi connectivity index (χ3n) is 4.70. The van der Waals surface area contributed by atoms with Crippen molar-refractivity contribution < 1.29 is 26.9 Å². The van der Waals surface area contributed by atoms with Crippen LogP contribution in [0.25, 0.3) is 0 Å². The minimum atomic E-state index is -4.13. The molecule has 0 aliphatic carbocycles. The number of hydrazone groups is 1. The first-order valence-electron chi connectivity index (χ1n) is 9.91. The van der Waals surface area contributed by atoms with E-state index in [1.54, 1.807) is 48.5 Å². The van der Waals surface area contributed by atoms with Gasteiger partial charge in [-0.05, 0) is 55.8 Å². The average molecular weight is 469 g/mol. The lowest BCUT2D eigenvalue weighted by molar-refractivity contribution is 0.0952. The zero-order valence-electron chi connectivity index (χ0n) is 18.7. The van der Waals surface area contributed by atoms with E-state index in [0.29, 0.717) is 16.9 Å². The number of ether oxygens (including phenoxy) is 2. The number of rotatable bonds is 8. The molecular weight excluding hydrogens is 444 g/mol. The number of hydrogen-bond acceptors (Lipinski definition) is 7. The van der Waals surface area contributed by atoms with Gasteiger partial charge < -0.3 is 13.7 Å². The highest BCUT2D eigenvalue weighted by molar-refractivity contribution is 7.87. The molecule has 0 saturated carbocycles. The van der Waals surface area contributed by atoms with Gasteiger partial charge in [-0.2, -0.15) is 13.5 Å². The number of nitrogens with one attached hydrogen (secondary N) is 1. The topological polar surface area (TPSA) is 103 Å². The summed E-state index contributed by atoms with van der Waals surface area (Å²) in [5.41, 5.74) is 4.88. The SMILES string of the molecule is COc1cc(C)ccc1C(=O)N/N=C\c1cccc(OC)c1OS(=O)(=O)c1ccc(C)cc1. The summed E-state index contributed by atoms with van der Waals surface area (Å²) in [6, 6.07) is 16.2. The molecule has 3 aromatic rings. The normalized spacial score (nSPS) is 11.3. The van der Waals surface area contributed by atoms with Crippen molar-refractivity contribution in [3.8, 4) is 17.2 Å². The monoisotopic (exact) mass is 468 g/mol. The van der Waals surface area contributed by atoms with Crippen molar-refractivity contribution in [1.82, 2.24) is 5.43 Å². The van der Waals surface area contributed by atoms with Crippen LogP contribution in [0.1, 0.15) is 27.0 Å². The van der Waals surface area contributed by atoms with Crippen molar-refractivity contribution in [2.45, 2.75) is 18.7 Å². The smallest absolute Gasteiger partial charge is 0.339 e. The number of aryl methyl sites for hydroxylation is 2. The van der Waals surface area contributed by atoms with Crippen molar-refractivity contribution in [3.05, 3.63) is 82.9 Å². The van der Waals surface area contributed by atoms with Gasteiger partial charge in [-0.1, -0.05) is 29.8 Å². The molecule has 0 atom stereocenters. The van der Waals surface area contributed by atoms with E-state index in [9.17, 15) is 13.2 Å². The largest absolute Gasteiger partial charge is 0.496 e. The van der Waals surface area contributed by atoms with Crippen LogP contribution in [0.4, 0.5) is 0 Å². The van der Waals surface area contributed by atoms with Crippen molar-refractivity contribution in [3.63, 3.8) is 0 Å². The first-order chi connectivity index (χ1) is 15.7. The fourth-order valence-electron chi connectivity index (χ4n) is 2.95. The van der Waals surface area contributed by atoms with E-state index in [1.165, 1.54) is 32.6 Å². The zero-order valence-corrected chi connectivity index (χ0v) is 19.5. The standard InChI is InChI=1S/C24H24N2O6S/c1-16-8-11-19(12-9-16)33(28,29)32-23-18(6-5-7-21(23)30-3)15-25-26-24(27)20-13-10-17(2)14-22(20)31-4/h5-15H,1-4H3,(H,26,27)/b25-15-. The van der Waals surface area contributed by atoms with Crippen LogP contribution in [0.15, 0.2) is 70.7 Å². The van der Waals surface area contributed by atoms with E-state index in [4.69, 9.17) is 13.7 Å².